The second-order valence-corrected chi connectivity index (χ2v) is 8.32. The molecule has 4 rings (SSSR count). The van der Waals surface area contributed by atoms with Crippen LogP contribution in [0, 0.1) is 0 Å². The summed E-state index contributed by atoms with van der Waals surface area (Å²) in [5.74, 6) is -1.49. The summed E-state index contributed by atoms with van der Waals surface area (Å²) in [7, 11) is 1.25. The predicted octanol–water partition coefficient (Wildman–Crippen LogP) is 4.44. The van der Waals surface area contributed by atoms with E-state index in [1.165, 1.54) is 25.3 Å². The number of anilines is 1. The van der Waals surface area contributed by atoms with Gasteiger partial charge in [0.2, 0.25) is 11.9 Å². The fraction of sp³-hybridized carbons (Fsp3) is 0.280. The first-order valence-corrected chi connectivity index (χ1v) is 11.1. The Morgan fingerprint density at radius 3 is 2.64 bits per heavy atom. The number of nitrogens with zero attached hydrogens (tertiary/aromatic N) is 3. The van der Waals surface area contributed by atoms with Gasteiger partial charge in [0.05, 0.1) is 35.3 Å². The quantitative estimate of drug-likeness (QED) is 0.413. The van der Waals surface area contributed by atoms with Gasteiger partial charge in [0.15, 0.2) is 0 Å². The van der Waals surface area contributed by atoms with E-state index in [1.54, 1.807) is 21.6 Å². The third-order valence-electron chi connectivity index (χ3n) is 6.04. The maximum absolute atomic E-state index is 13.1. The molecular formula is C25H23F3N4O4. The van der Waals surface area contributed by atoms with Crippen LogP contribution in [0.25, 0.3) is 11.0 Å². The van der Waals surface area contributed by atoms with Gasteiger partial charge >= 0.3 is 12.1 Å². The lowest BCUT2D eigenvalue weighted by Gasteiger charge is -2.33. The van der Waals surface area contributed by atoms with E-state index in [0.717, 1.165) is 18.2 Å². The van der Waals surface area contributed by atoms with Gasteiger partial charge in [-0.2, -0.15) is 13.2 Å². The lowest BCUT2D eigenvalue weighted by molar-refractivity contribution is -0.137. The average Bonchev–Trinajstić information content (AvgIpc) is 3.24. The fourth-order valence-corrected chi connectivity index (χ4v) is 4.31. The number of likely N-dealkylation sites (tertiary alicyclic amines) is 1. The molecule has 0 radical (unpaired) electrons. The maximum atomic E-state index is 13.1. The average molecular weight is 500 g/mol. The molecule has 2 amide bonds. The Morgan fingerprint density at radius 1 is 1.17 bits per heavy atom. The Labute approximate surface area is 204 Å². The summed E-state index contributed by atoms with van der Waals surface area (Å²) >= 11 is 0. The van der Waals surface area contributed by atoms with Crippen molar-refractivity contribution in [3.63, 3.8) is 0 Å². The van der Waals surface area contributed by atoms with Gasteiger partial charge in [-0.25, -0.2) is 9.78 Å². The first-order valence-electron chi connectivity index (χ1n) is 11.1. The summed E-state index contributed by atoms with van der Waals surface area (Å²) in [5.41, 5.74) is 0.0739. The monoisotopic (exact) mass is 500 g/mol. The largest absolute Gasteiger partial charge is 0.465 e. The Kier molecular flexibility index (Phi) is 6.82. The number of imidazole rings is 1. The molecule has 2 aromatic carbocycles. The number of piperidine rings is 1. The predicted molar refractivity (Wildman–Crippen MR) is 126 cm³/mol. The van der Waals surface area contributed by atoms with Crippen LogP contribution in [0.2, 0.25) is 0 Å². The van der Waals surface area contributed by atoms with Gasteiger partial charge in [-0.1, -0.05) is 12.6 Å². The van der Waals surface area contributed by atoms with Crippen molar-refractivity contribution in [3.05, 3.63) is 71.8 Å². The summed E-state index contributed by atoms with van der Waals surface area (Å²) in [4.78, 5) is 43.3. The zero-order valence-electron chi connectivity index (χ0n) is 19.3. The van der Waals surface area contributed by atoms with Crippen LogP contribution >= 0.6 is 0 Å². The Bertz CT molecular complexity index is 1350. The Balaban J connectivity index is 1.75. The number of rotatable bonds is 5. The number of nitrogens with one attached hydrogen (secondary N) is 1. The number of carbonyl (C=O) groups excluding carboxylic acids is 3. The number of aromatic nitrogens is 2. The summed E-state index contributed by atoms with van der Waals surface area (Å²) in [5, 5.41) is 2.62. The van der Waals surface area contributed by atoms with Gasteiger partial charge in [-0.3, -0.25) is 14.9 Å². The van der Waals surface area contributed by atoms with Crippen LogP contribution in [0.1, 0.15) is 45.2 Å². The van der Waals surface area contributed by atoms with Gasteiger partial charge in [0.1, 0.15) is 0 Å². The highest BCUT2D eigenvalue weighted by atomic mass is 19.4. The minimum atomic E-state index is -4.60. The van der Waals surface area contributed by atoms with Crippen LogP contribution in [0.15, 0.2) is 55.1 Å². The second-order valence-electron chi connectivity index (χ2n) is 8.32. The molecule has 1 saturated heterocycles. The number of halogens is 3. The molecule has 188 valence electrons. The molecule has 1 N–H and O–H groups in total. The van der Waals surface area contributed by atoms with Gasteiger partial charge in [0.25, 0.3) is 5.91 Å². The number of ether oxygens (including phenoxy) is 1. The van der Waals surface area contributed by atoms with Gasteiger partial charge in [-0.15, -0.1) is 0 Å². The topological polar surface area (TPSA) is 93.5 Å². The molecule has 0 unspecified atom stereocenters. The zero-order valence-corrected chi connectivity index (χ0v) is 19.3. The first-order chi connectivity index (χ1) is 17.1. The highest BCUT2D eigenvalue weighted by molar-refractivity contribution is 6.04. The lowest BCUT2D eigenvalue weighted by Crippen LogP contribution is -2.40. The number of esters is 1. The van der Waals surface area contributed by atoms with Crippen molar-refractivity contribution in [2.75, 3.05) is 25.5 Å². The van der Waals surface area contributed by atoms with Crippen molar-refractivity contribution in [2.45, 2.75) is 25.1 Å². The Morgan fingerprint density at radius 2 is 1.94 bits per heavy atom. The minimum absolute atomic E-state index is 0.0901. The summed E-state index contributed by atoms with van der Waals surface area (Å²) in [6.45, 7) is 4.40. The highest BCUT2D eigenvalue weighted by Crippen LogP contribution is 2.32. The van der Waals surface area contributed by atoms with Crippen molar-refractivity contribution >= 4 is 34.8 Å². The number of hydrogen-bond acceptors (Lipinski definition) is 5. The SMILES string of the molecule is C=CC(=O)N1CCC[C@@H](n2c(NC(=O)c3cccc(C(F)(F)F)c3)nc3cc(C(=O)OC)ccc32)C1. The molecule has 3 aromatic rings. The molecule has 0 bridgehead atoms. The molecule has 8 nitrogen and oxygen atoms in total. The number of benzene rings is 2. The second kappa shape index (κ2) is 9.84. The summed E-state index contributed by atoms with van der Waals surface area (Å²) in [6.07, 6.45) is -2.02. The third-order valence-corrected chi connectivity index (χ3v) is 6.04. The minimum Gasteiger partial charge on any atom is -0.465 e. The molecule has 11 heteroatoms. The number of fused-ring (bicyclic) bond motifs is 1. The molecule has 36 heavy (non-hydrogen) atoms. The van der Waals surface area contributed by atoms with Crippen LogP contribution < -0.4 is 5.32 Å². The van der Waals surface area contributed by atoms with Crippen LogP contribution in [-0.4, -0.2) is 52.4 Å². The maximum Gasteiger partial charge on any atom is 0.416 e. The number of carbonyl (C=O) groups is 3. The molecule has 2 heterocycles. The number of amides is 2. The van der Waals surface area contributed by atoms with Crippen LogP contribution in [-0.2, 0) is 15.7 Å². The fourth-order valence-electron chi connectivity index (χ4n) is 4.31. The van der Waals surface area contributed by atoms with Crippen molar-refractivity contribution in [1.29, 1.82) is 0 Å². The van der Waals surface area contributed by atoms with Crippen molar-refractivity contribution in [1.82, 2.24) is 14.5 Å². The van der Waals surface area contributed by atoms with E-state index < -0.39 is 23.6 Å². The van der Waals surface area contributed by atoms with E-state index in [0.29, 0.717) is 37.0 Å². The van der Waals surface area contributed by atoms with Gasteiger partial charge < -0.3 is 14.2 Å². The van der Waals surface area contributed by atoms with E-state index in [-0.39, 0.29) is 29.0 Å². The first kappa shape index (κ1) is 25.0. The molecule has 1 aliphatic rings. The molecule has 1 aromatic heterocycles. The van der Waals surface area contributed by atoms with E-state index in [1.807, 2.05) is 0 Å². The molecule has 1 atom stereocenters. The van der Waals surface area contributed by atoms with Crippen LogP contribution in [0.4, 0.5) is 19.1 Å². The molecule has 0 aliphatic carbocycles. The summed E-state index contributed by atoms with van der Waals surface area (Å²) < 4.78 is 45.9. The molecule has 0 spiro atoms. The van der Waals surface area contributed by atoms with Crippen molar-refractivity contribution in [2.24, 2.45) is 0 Å². The molecule has 1 aliphatic heterocycles. The number of methoxy groups -OCH3 is 1. The van der Waals surface area contributed by atoms with E-state index in [2.05, 4.69) is 16.9 Å². The summed E-state index contributed by atoms with van der Waals surface area (Å²) in [6, 6.07) is 8.52. The van der Waals surface area contributed by atoms with Crippen molar-refractivity contribution in [3.8, 4) is 0 Å². The number of alkyl halides is 3. The highest BCUT2D eigenvalue weighted by Gasteiger charge is 2.32. The molecule has 0 saturated carbocycles. The van der Waals surface area contributed by atoms with Crippen LogP contribution in [0.5, 0.6) is 0 Å². The lowest BCUT2D eigenvalue weighted by atomic mass is 10.0. The van der Waals surface area contributed by atoms with E-state index >= 15 is 0 Å². The van der Waals surface area contributed by atoms with Crippen LogP contribution in [0.3, 0.4) is 0 Å². The normalized spacial score (nSPS) is 16.0. The zero-order chi connectivity index (χ0) is 26.0. The van der Waals surface area contributed by atoms with Gasteiger partial charge in [-0.05, 0) is 55.3 Å². The standard InChI is InChI=1S/C25H23F3N4O4/c1-3-21(33)31-11-5-8-18(14-31)32-20-10-9-16(23(35)36-2)13-19(20)29-24(32)30-22(34)15-6-4-7-17(12-15)25(26,27)28/h3-4,6-7,9-10,12-13,18H,1,5,8,11,14H2,2H3,(H,29,30,34)/t18-/m1/s1. The molecular weight excluding hydrogens is 477 g/mol. The Hall–Kier alpha value is -4.15. The van der Waals surface area contributed by atoms with E-state index in [4.69, 9.17) is 4.74 Å². The molecule has 1 fully saturated rings. The van der Waals surface area contributed by atoms with E-state index in [9.17, 15) is 27.6 Å². The van der Waals surface area contributed by atoms with Gasteiger partial charge in [0, 0.05) is 18.7 Å². The van der Waals surface area contributed by atoms with Crippen molar-refractivity contribution < 1.29 is 32.3 Å². The number of hydrogen-bond donors (Lipinski definition) is 1. The smallest absolute Gasteiger partial charge is 0.416 e. The third kappa shape index (κ3) is 4.95.